The van der Waals surface area contributed by atoms with Gasteiger partial charge in [-0.05, 0) is 13.3 Å². The van der Waals surface area contributed by atoms with Crippen molar-refractivity contribution >= 4 is 47.2 Å². The van der Waals surface area contributed by atoms with E-state index in [1.54, 1.807) is 6.92 Å². The summed E-state index contributed by atoms with van der Waals surface area (Å²) in [5.74, 6) is -5.12. The number of carbonyl (C=O) groups is 5. The van der Waals surface area contributed by atoms with Gasteiger partial charge in [-0.3, -0.25) is 19.2 Å². The summed E-state index contributed by atoms with van der Waals surface area (Å²) in [6, 6.07) is -2.43. The first-order chi connectivity index (χ1) is 13.6. The molecule has 0 bridgehead atoms. The van der Waals surface area contributed by atoms with Crippen molar-refractivity contribution in [2.45, 2.75) is 31.8 Å². The van der Waals surface area contributed by atoms with Crippen molar-refractivity contribution in [3.63, 3.8) is 0 Å². The van der Waals surface area contributed by atoms with Crippen molar-refractivity contribution in [3.05, 3.63) is 0 Å². The van der Waals surface area contributed by atoms with E-state index in [0.29, 0.717) is 0 Å². The summed E-state index contributed by atoms with van der Waals surface area (Å²) >= 11 is 0.949. The number of aliphatic carboxylic acids is 2. The molecule has 0 rings (SSSR count). The molecule has 29 heavy (non-hydrogen) atoms. The summed E-state index contributed by atoms with van der Waals surface area (Å²) in [6.07, 6.45) is -0.436. The Hall–Kier alpha value is -2.87. The molecule has 2 atom stereocenters. The molecule has 13 nitrogen and oxygen atoms in total. The number of amides is 2. The van der Waals surface area contributed by atoms with Gasteiger partial charge in [0.05, 0.1) is 6.61 Å². The zero-order chi connectivity index (χ0) is 22.4. The van der Waals surface area contributed by atoms with Crippen LogP contribution in [-0.2, 0) is 28.7 Å². The van der Waals surface area contributed by atoms with E-state index in [4.69, 9.17) is 21.2 Å². The SMILES string of the molecule is CCOC(=O)C(CSCC(NC(=O)CCC(N)C(=O)O)C(=O)NCC(=O)O)=NO. The fourth-order valence-corrected chi connectivity index (χ4v) is 2.72. The van der Waals surface area contributed by atoms with Crippen molar-refractivity contribution in [1.82, 2.24) is 10.6 Å². The lowest BCUT2D eigenvalue weighted by molar-refractivity contribution is -0.139. The minimum atomic E-state index is -1.29. The maximum absolute atomic E-state index is 12.1. The van der Waals surface area contributed by atoms with Gasteiger partial charge in [-0.1, -0.05) is 5.16 Å². The fraction of sp³-hybridized carbons (Fsp3) is 0.600. The van der Waals surface area contributed by atoms with Crippen LogP contribution in [0.15, 0.2) is 5.16 Å². The van der Waals surface area contributed by atoms with Crippen LogP contribution in [-0.4, -0.2) is 87.6 Å². The van der Waals surface area contributed by atoms with E-state index in [2.05, 4.69) is 20.5 Å². The lowest BCUT2D eigenvalue weighted by atomic mass is 10.1. The summed E-state index contributed by atoms with van der Waals surface area (Å²) in [5.41, 5.74) is 5.00. The van der Waals surface area contributed by atoms with Crippen molar-refractivity contribution in [3.8, 4) is 0 Å². The van der Waals surface area contributed by atoms with E-state index in [1.807, 2.05) is 0 Å². The molecule has 0 aromatic rings. The van der Waals surface area contributed by atoms with Gasteiger partial charge in [0.15, 0.2) is 5.71 Å². The highest BCUT2D eigenvalue weighted by Crippen LogP contribution is 2.07. The molecule has 0 saturated carbocycles. The molecule has 0 saturated heterocycles. The lowest BCUT2D eigenvalue weighted by Gasteiger charge is -2.18. The van der Waals surface area contributed by atoms with Crippen LogP contribution in [0.2, 0.25) is 0 Å². The maximum Gasteiger partial charge on any atom is 0.356 e. The molecule has 164 valence electrons. The smallest absolute Gasteiger partial charge is 0.356 e. The van der Waals surface area contributed by atoms with Gasteiger partial charge in [-0.15, -0.1) is 0 Å². The number of esters is 1. The predicted octanol–water partition coefficient (Wildman–Crippen LogP) is -2.01. The highest BCUT2D eigenvalue weighted by molar-refractivity contribution is 8.00. The third-order valence-corrected chi connectivity index (χ3v) is 4.27. The van der Waals surface area contributed by atoms with Crippen LogP contribution in [0, 0.1) is 0 Å². The van der Waals surface area contributed by atoms with Gasteiger partial charge in [0.1, 0.15) is 18.6 Å². The molecule has 0 radical (unpaired) electrons. The Morgan fingerprint density at radius 2 is 1.86 bits per heavy atom. The summed E-state index contributed by atoms with van der Waals surface area (Å²) < 4.78 is 4.69. The highest BCUT2D eigenvalue weighted by Gasteiger charge is 2.23. The molecule has 0 spiro atoms. The van der Waals surface area contributed by atoms with Crippen molar-refractivity contribution in [2.75, 3.05) is 24.7 Å². The van der Waals surface area contributed by atoms with Gasteiger partial charge >= 0.3 is 17.9 Å². The molecule has 0 aromatic heterocycles. The molecule has 0 aliphatic carbocycles. The van der Waals surface area contributed by atoms with Gasteiger partial charge in [0, 0.05) is 17.9 Å². The number of hydrogen-bond acceptors (Lipinski definition) is 10. The number of rotatable bonds is 14. The molecule has 0 aliphatic rings. The van der Waals surface area contributed by atoms with Crippen molar-refractivity contribution < 1.29 is 44.1 Å². The Kier molecular flexibility index (Phi) is 12.8. The second kappa shape index (κ2) is 14.2. The van der Waals surface area contributed by atoms with Gasteiger partial charge in [0.2, 0.25) is 11.8 Å². The third-order valence-electron chi connectivity index (χ3n) is 3.22. The fourth-order valence-electron chi connectivity index (χ4n) is 1.76. The van der Waals surface area contributed by atoms with Crippen molar-refractivity contribution in [1.29, 1.82) is 0 Å². The molecular formula is C15H24N4O9S. The van der Waals surface area contributed by atoms with E-state index < -0.39 is 48.4 Å². The van der Waals surface area contributed by atoms with E-state index in [1.165, 1.54) is 0 Å². The van der Waals surface area contributed by atoms with Crippen molar-refractivity contribution in [2.24, 2.45) is 10.9 Å². The Morgan fingerprint density at radius 3 is 2.38 bits per heavy atom. The molecule has 0 aliphatic heterocycles. The number of hydrogen-bond donors (Lipinski definition) is 6. The summed E-state index contributed by atoms with van der Waals surface area (Å²) in [6.45, 7) is 0.956. The topological polar surface area (TPSA) is 218 Å². The zero-order valence-corrected chi connectivity index (χ0v) is 16.4. The van der Waals surface area contributed by atoms with Gasteiger partial charge in [-0.25, -0.2) is 4.79 Å². The minimum absolute atomic E-state index is 0.0667. The van der Waals surface area contributed by atoms with Crippen LogP contribution in [0.3, 0.4) is 0 Å². The van der Waals surface area contributed by atoms with Gasteiger partial charge in [0.25, 0.3) is 0 Å². The maximum atomic E-state index is 12.1. The lowest BCUT2D eigenvalue weighted by Crippen LogP contribution is -2.49. The van der Waals surface area contributed by atoms with Crippen LogP contribution >= 0.6 is 11.8 Å². The number of nitrogens with one attached hydrogen (secondary N) is 2. The number of thioether (sulfide) groups is 1. The number of oxime groups is 1. The number of ether oxygens (including phenoxy) is 1. The quantitative estimate of drug-likeness (QED) is 0.0756. The van der Waals surface area contributed by atoms with Gasteiger partial charge in [-0.2, -0.15) is 11.8 Å². The van der Waals surface area contributed by atoms with E-state index in [9.17, 15) is 24.0 Å². The number of carboxylic acid groups (broad SMARTS) is 2. The molecule has 0 fully saturated rings. The first-order valence-electron chi connectivity index (χ1n) is 8.35. The standard InChI is InChI=1S/C15H24N4O9S/c1-2-28-15(26)10(19-27)7-29-6-9(13(23)17-5-12(21)22)18-11(20)4-3-8(16)14(24)25/h8-9,27H,2-7,16H2,1H3,(H,17,23)(H,18,20)(H,21,22)(H,24,25). The van der Waals surface area contributed by atoms with Crippen LogP contribution in [0.1, 0.15) is 19.8 Å². The normalized spacial score (nSPS) is 13.1. The zero-order valence-electron chi connectivity index (χ0n) is 15.6. The molecule has 2 amide bonds. The Bertz CT molecular complexity index is 641. The third kappa shape index (κ3) is 11.5. The summed E-state index contributed by atoms with van der Waals surface area (Å²) in [7, 11) is 0. The minimum Gasteiger partial charge on any atom is -0.480 e. The Morgan fingerprint density at radius 1 is 1.21 bits per heavy atom. The second-order valence-electron chi connectivity index (χ2n) is 5.50. The average molecular weight is 436 g/mol. The van der Waals surface area contributed by atoms with E-state index in [-0.39, 0.29) is 36.7 Å². The van der Waals surface area contributed by atoms with Crippen LogP contribution in [0.5, 0.6) is 0 Å². The Labute approximate surface area is 170 Å². The Balaban J connectivity index is 4.86. The summed E-state index contributed by atoms with van der Waals surface area (Å²) in [4.78, 5) is 56.9. The number of carboxylic acids is 2. The largest absolute Gasteiger partial charge is 0.480 e. The van der Waals surface area contributed by atoms with Gasteiger partial charge < -0.3 is 36.5 Å². The predicted molar refractivity (Wildman–Crippen MR) is 101 cm³/mol. The monoisotopic (exact) mass is 436 g/mol. The van der Waals surface area contributed by atoms with Crippen LogP contribution in [0.4, 0.5) is 0 Å². The van der Waals surface area contributed by atoms with E-state index >= 15 is 0 Å². The van der Waals surface area contributed by atoms with Crippen LogP contribution < -0.4 is 16.4 Å². The molecule has 0 aromatic carbocycles. The number of nitrogens with two attached hydrogens (primary N) is 1. The first kappa shape index (κ1) is 26.1. The summed E-state index contributed by atoms with van der Waals surface area (Å²) in [5, 5.41) is 33.5. The molecule has 0 heterocycles. The number of nitrogens with zero attached hydrogens (tertiary/aromatic N) is 1. The van der Waals surface area contributed by atoms with Crippen LogP contribution in [0.25, 0.3) is 0 Å². The second-order valence-corrected chi connectivity index (χ2v) is 6.53. The molecule has 14 heteroatoms. The molecule has 7 N–H and O–H groups in total. The number of carbonyl (C=O) groups excluding carboxylic acids is 3. The molecule has 2 unspecified atom stereocenters. The van der Waals surface area contributed by atoms with E-state index in [0.717, 1.165) is 11.8 Å². The first-order valence-corrected chi connectivity index (χ1v) is 9.50. The highest BCUT2D eigenvalue weighted by atomic mass is 32.2. The molecular weight excluding hydrogens is 412 g/mol. The average Bonchev–Trinajstić information content (AvgIpc) is 2.66.